The number of carbonyl (C=O) groups is 1. The maximum Gasteiger partial charge on any atom is 0.306 e. The van der Waals surface area contributed by atoms with E-state index in [1.165, 1.54) is 19.3 Å². The Bertz CT molecular complexity index is 188. The van der Waals surface area contributed by atoms with Crippen molar-refractivity contribution in [2.75, 3.05) is 6.61 Å². The highest BCUT2D eigenvalue weighted by Gasteiger charge is 2.34. The summed E-state index contributed by atoms with van der Waals surface area (Å²) in [5.41, 5.74) is 0. The predicted octanol–water partition coefficient (Wildman–Crippen LogP) is 1.99. The van der Waals surface area contributed by atoms with Gasteiger partial charge in [-0.2, -0.15) is 0 Å². The van der Waals surface area contributed by atoms with Crippen LogP contribution in [-0.2, 0) is 9.53 Å². The van der Waals surface area contributed by atoms with E-state index in [4.69, 9.17) is 4.74 Å². The van der Waals surface area contributed by atoms with Crippen LogP contribution in [0.25, 0.3) is 0 Å². The molecule has 3 atom stereocenters. The average Bonchev–Trinajstić information content (AvgIpc) is 2.05. The van der Waals surface area contributed by atoms with E-state index in [1.807, 2.05) is 0 Å². The Balaban J connectivity index is 1.98. The second-order valence-electron chi connectivity index (χ2n) is 4.33. The van der Waals surface area contributed by atoms with Gasteiger partial charge in [0.1, 0.15) is 0 Å². The molecule has 2 aliphatic rings. The van der Waals surface area contributed by atoms with Crippen LogP contribution in [0, 0.1) is 17.8 Å². The number of esters is 1. The standard InChI is InChI=1S/C10H16O2/c1-7-2-3-8-5-10(11)12-6-9(8)4-7/h7-9H,2-6H2,1H3. The second-order valence-corrected chi connectivity index (χ2v) is 4.33. The van der Waals surface area contributed by atoms with Gasteiger partial charge in [-0.1, -0.05) is 13.3 Å². The van der Waals surface area contributed by atoms with Crippen molar-refractivity contribution in [1.82, 2.24) is 0 Å². The van der Waals surface area contributed by atoms with Crippen LogP contribution >= 0.6 is 0 Å². The van der Waals surface area contributed by atoms with Crippen LogP contribution in [0.3, 0.4) is 0 Å². The SMILES string of the molecule is CC1CCC2CC(=O)OCC2C1. The van der Waals surface area contributed by atoms with Crippen molar-refractivity contribution in [3.8, 4) is 0 Å². The lowest BCUT2D eigenvalue weighted by Crippen LogP contribution is -2.35. The molecule has 68 valence electrons. The van der Waals surface area contributed by atoms with E-state index >= 15 is 0 Å². The summed E-state index contributed by atoms with van der Waals surface area (Å²) in [4.78, 5) is 11.0. The maximum absolute atomic E-state index is 11.0. The molecule has 0 bridgehead atoms. The normalized spacial score (nSPS) is 41.8. The summed E-state index contributed by atoms with van der Waals surface area (Å²) in [6, 6.07) is 0. The first kappa shape index (κ1) is 8.09. The molecule has 0 aromatic carbocycles. The minimum Gasteiger partial charge on any atom is -0.465 e. The number of fused-ring (bicyclic) bond motifs is 1. The van der Waals surface area contributed by atoms with E-state index < -0.39 is 0 Å². The van der Waals surface area contributed by atoms with Crippen LogP contribution < -0.4 is 0 Å². The van der Waals surface area contributed by atoms with Crippen molar-refractivity contribution in [2.24, 2.45) is 17.8 Å². The lowest BCUT2D eigenvalue weighted by Gasteiger charge is -2.37. The first-order valence-corrected chi connectivity index (χ1v) is 4.91. The number of hydrogen-bond donors (Lipinski definition) is 0. The van der Waals surface area contributed by atoms with Crippen LogP contribution in [0.15, 0.2) is 0 Å². The molecule has 0 amide bonds. The predicted molar refractivity (Wildman–Crippen MR) is 45.6 cm³/mol. The minimum atomic E-state index is 0.0193. The summed E-state index contributed by atoms with van der Waals surface area (Å²) in [7, 11) is 0. The zero-order valence-electron chi connectivity index (χ0n) is 7.58. The Morgan fingerprint density at radius 2 is 2.17 bits per heavy atom. The van der Waals surface area contributed by atoms with Crippen LogP contribution in [0.5, 0.6) is 0 Å². The molecule has 1 saturated heterocycles. The summed E-state index contributed by atoms with van der Waals surface area (Å²) in [6.45, 7) is 2.99. The lowest BCUT2D eigenvalue weighted by molar-refractivity contribution is -0.154. The van der Waals surface area contributed by atoms with Crippen LogP contribution in [0.4, 0.5) is 0 Å². The van der Waals surface area contributed by atoms with Crippen molar-refractivity contribution < 1.29 is 9.53 Å². The van der Waals surface area contributed by atoms with Crippen molar-refractivity contribution in [2.45, 2.75) is 32.6 Å². The molecule has 1 saturated carbocycles. The third-order valence-corrected chi connectivity index (χ3v) is 3.29. The molecule has 0 spiro atoms. The van der Waals surface area contributed by atoms with Crippen LogP contribution in [0.1, 0.15) is 32.6 Å². The highest BCUT2D eigenvalue weighted by atomic mass is 16.5. The summed E-state index contributed by atoms with van der Waals surface area (Å²) in [5, 5.41) is 0. The fourth-order valence-electron chi connectivity index (χ4n) is 2.51. The van der Waals surface area contributed by atoms with Crippen LogP contribution in [-0.4, -0.2) is 12.6 Å². The molecule has 1 heterocycles. The first-order chi connectivity index (χ1) is 5.75. The van der Waals surface area contributed by atoms with Gasteiger partial charge in [0.15, 0.2) is 0 Å². The van der Waals surface area contributed by atoms with E-state index in [1.54, 1.807) is 0 Å². The maximum atomic E-state index is 11.0. The number of hydrogen-bond acceptors (Lipinski definition) is 2. The van der Waals surface area contributed by atoms with Gasteiger partial charge in [0.25, 0.3) is 0 Å². The van der Waals surface area contributed by atoms with E-state index in [-0.39, 0.29) is 5.97 Å². The quantitative estimate of drug-likeness (QED) is 0.517. The zero-order valence-corrected chi connectivity index (χ0v) is 7.58. The van der Waals surface area contributed by atoms with Gasteiger partial charge >= 0.3 is 5.97 Å². The zero-order chi connectivity index (χ0) is 8.55. The molecule has 0 N–H and O–H groups in total. The molecule has 2 rings (SSSR count). The van der Waals surface area contributed by atoms with E-state index in [2.05, 4.69) is 6.92 Å². The third kappa shape index (κ3) is 1.47. The van der Waals surface area contributed by atoms with Gasteiger partial charge in [-0.15, -0.1) is 0 Å². The second kappa shape index (κ2) is 3.08. The molecule has 2 fully saturated rings. The Hall–Kier alpha value is -0.530. The van der Waals surface area contributed by atoms with Crippen molar-refractivity contribution in [1.29, 1.82) is 0 Å². The molecular formula is C10H16O2. The molecule has 3 unspecified atom stereocenters. The average molecular weight is 168 g/mol. The molecule has 2 heteroatoms. The molecule has 12 heavy (non-hydrogen) atoms. The summed E-state index contributed by atoms with van der Waals surface area (Å²) < 4.78 is 5.06. The van der Waals surface area contributed by atoms with Crippen molar-refractivity contribution in [3.63, 3.8) is 0 Å². The highest BCUT2D eigenvalue weighted by Crippen LogP contribution is 2.38. The van der Waals surface area contributed by atoms with Crippen molar-refractivity contribution in [3.05, 3.63) is 0 Å². The Labute approximate surface area is 73.3 Å². The van der Waals surface area contributed by atoms with Gasteiger partial charge < -0.3 is 4.74 Å². The molecule has 1 aliphatic heterocycles. The first-order valence-electron chi connectivity index (χ1n) is 4.91. The summed E-state index contributed by atoms with van der Waals surface area (Å²) in [5.74, 6) is 2.17. The molecular weight excluding hydrogens is 152 g/mol. The summed E-state index contributed by atoms with van der Waals surface area (Å²) >= 11 is 0. The molecule has 0 radical (unpaired) electrons. The molecule has 2 nitrogen and oxygen atoms in total. The highest BCUT2D eigenvalue weighted by molar-refractivity contribution is 5.70. The van der Waals surface area contributed by atoms with Gasteiger partial charge in [-0.05, 0) is 30.6 Å². The molecule has 0 aromatic heterocycles. The van der Waals surface area contributed by atoms with E-state index in [0.717, 1.165) is 5.92 Å². The largest absolute Gasteiger partial charge is 0.465 e. The van der Waals surface area contributed by atoms with Crippen molar-refractivity contribution >= 4 is 5.97 Å². The fraction of sp³-hybridized carbons (Fsp3) is 0.900. The summed E-state index contributed by atoms with van der Waals surface area (Å²) in [6.07, 6.45) is 4.48. The van der Waals surface area contributed by atoms with Crippen LogP contribution in [0.2, 0.25) is 0 Å². The smallest absolute Gasteiger partial charge is 0.306 e. The molecule has 1 aliphatic carbocycles. The molecule has 0 aromatic rings. The van der Waals surface area contributed by atoms with Gasteiger partial charge in [-0.3, -0.25) is 4.79 Å². The monoisotopic (exact) mass is 168 g/mol. The third-order valence-electron chi connectivity index (χ3n) is 3.29. The van der Waals surface area contributed by atoms with E-state index in [9.17, 15) is 4.79 Å². The topological polar surface area (TPSA) is 26.3 Å². The van der Waals surface area contributed by atoms with E-state index in [0.29, 0.717) is 24.9 Å². The fourth-order valence-corrected chi connectivity index (χ4v) is 2.51. The Morgan fingerprint density at radius 1 is 1.33 bits per heavy atom. The Morgan fingerprint density at radius 3 is 3.00 bits per heavy atom. The Kier molecular flexibility index (Phi) is 2.07. The lowest BCUT2D eigenvalue weighted by atomic mass is 9.73. The van der Waals surface area contributed by atoms with Gasteiger partial charge in [0.05, 0.1) is 6.61 Å². The number of rotatable bonds is 0. The number of cyclic esters (lactones) is 1. The minimum absolute atomic E-state index is 0.0193. The van der Waals surface area contributed by atoms with Gasteiger partial charge in [0.2, 0.25) is 0 Å². The number of carbonyl (C=O) groups excluding carboxylic acids is 1. The number of ether oxygens (including phenoxy) is 1. The van der Waals surface area contributed by atoms with Gasteiger partial charge in [-0.25, -0.2) is 0 Å². The van der Waals surface area contributed by atoms with Gasteiger partial charge in [0, 0.05) is 6.42 Å².